The van der Waals surface area contributed by atoms with Gasteiger partial charge in [-0.2, -0.15) is 0 Å². The fourth-order valence-electron chi connectivity index (χ4n) is 3.92. The smallest absolute Gasteiger partial charge is 0.236 e. The minimum absolute atomic E-state index is 0.00797. The molecule has 0 spiro atoms. The van der Waals surface area contributed by atoms with Gasteiger partial charge >= 0.3 is 0 Å². The first-order valence-corrected chi connectivity index (χ1v) is 12.5. The van der Waals surface area contributed by atoms with Crippen LogP contribution in [0.2, 0.25) is 5.02 Å². The lowest BCUT2D eigenvalue weighted by Gasteiger charge is -2.23. The molecular formula is C29H28Cl2N4O. The third-order valence-corrected chi connectivity index (χ3v) is 6.73. The lowest BCUT2D eigenvalue weighted by molar-refractivity contribution is -0.124. The molecule has 1 unspecified atom stereocenters. The molecule has 0 radical (unpaired) electrons. The molecule has 2 aromatic carbocycles. The molecule has 184 valence electrons. The molecule has 5 nitrogen and oxygen atoms in total. The van der Waals surface area contributed by atoms with Gasteiger partial charge in [-0.15, -0.1) is 11.6 Å². The van der Waals surface area contributed by atoms with E-state index in [1.165, 1.54) is 0 Å². The van der Waals surface area contributed by atoms with Crippen LogP contribution in [-0.2, 0) is 16.8 Å². The van der Waals surface area contributed by atoms with Crippen molar-refractivity contribution in [2.24, 2.45) is 10.7 Å². The van der Waals surface area contributed by atoms with Crippen molar-refractivity contribution in [1.82, 2.24) is 10.3 Å². The van der Waals surface area contributed by atoms with E-state index in [9.17, 15) is 4.79 Å². The number of benzene rings is 2. The number of rotatable bonds is 6. The summed E-state index contributed by atoms with van der Waals surface area (Å²) < 4.78 is 0. The molecule has 7 heteroatoms. The van der Waals surface area contributed by atoms with E-state index in [2.05, 4.69) is 16.4 Å². The van der Waals surface area contributed by atoms with Crippen LogP contribution in [0.25, 0.3) is 16.7 Å². The zero-order chi connectivity index (χ0) is 25.7. The summed E-state index contributed by atoms with van der Waals surface area (Å²) in [4.78, 5) is 22.0. The summed E-state index contributed by atoms with van der Waals surface area (Å²) in [7, 11) is 0. The number of amides is 1. The molecule has 0 aliphatic heterocycles. The first kappa shape index (κ1) is 25.7. The number of hydrogen-bond acceptors (Lipinski definition) is 3. The number of nitrogens with two attached hydrogens (primary N) is 1. The molecule has 1 heterocycles. The van der Waals surface area contributed by atoms with Gasteiger partial charge in [-0.25, -0.2) is 4.99 Å². The molecule has 0 saturated heterocycles. The number of allylic oxidation sites excluding steroid dienone is 4. The van der Waals surface area contributed by atoms with Crippen molar-refractivity contribution >= 4 is 40.6 Å². The van der Waals surface area contributed by atoms with Crippen LogP contribution in [0, 0.1) is 0 Å². The highest BCUT2D eigenvalue weighted by Gasteiger charge is 2.30. The molecule has 1 amide bonds. The van der Waals surface area contributed by atoms with Gasteiger partial charge in [0.1, 0.15) is 0 Å². The number of alkyl halides is 1. The molecule has 1 aromatic heterocycles. The van der Waals surface area contributed by atoms with Crippen molar-refractivity contribution in [2.45, 2.75) is 37.6 Å². The van der Waals surface area contributed by atoms with Crippen LogP contribution in [0.4, 0.5) is 0 Å². The maximum absolute atomic E-state index is 12.9. The largest absolute Gasteiger partial charge is 0.370 e. The third-order valence-electron chi connectivity index (χ3n) is 6.16. The van der Waals surface area contributed by atoms with Crippen molar-refractivity contribution in [3.05, 3.63) is 107 Å². The van der Waals surface area contributed by atoms with E-state index < -0.39 is 5.41 Å². The number of halogens is 2. The number of hydrogen-bond donors (Lipinski definition) is 2. The zero-order valence-electron chi connectivity index (χ0n) is 20.2. The van der Waals surface area contributed by atoms with E-state index in [-0.39, 0.29) is 23.8 Å². The Morgan fingerprint density at radius 2 is 1.89 bits per heavy atom. The molecule has 1 atom stereocenters. The van der Waals surface area contributed by atoms with Gasteiger partial charge in [0.05, 0.1) is 23.0 Å². The van der Waals surface area contributed by atoms with Gasteiger partial charge in [0.25, 0.3) is 0 Å². The Bertz CT molecular complexity index is 1330. The predicted octanol–water partition coefficient (Wildman–Crippen LogP) is 6.26. The van der Waals surface area contributed by atoms with Crippen LogP contribution in [0.5, 0.6) is 0 Å². The van der Waals surface area contributed by atoms with Crippen LogP contribution in [-0.4, -0.2) is 22.2 Å². The third kappa shape index (κ3) is 6.04. The highest BCUT2D eigenvalue weighted by atomic mass is 35.5. The predicted molar refractivity (Wildman–Crippen MR) is 149 cm³/mol. The number of pyridine rings is 1. The van der Waals surface area contributed by atoms with Crippen molar-refractivity contribution in [3.8, 4) is 11.1 Å². The molecule has 0 saturated carbocycles. The van der Waals surface area contributed by atoms with E-state index in [0.717, 1.165) is 39.9 Å². The molecule has 36 heavy (non-hydrogen) atoms. The number of aliphatic imine (C=N–C) groups is 1. The normalized spacial score (nSPS) is 15.9. The topological polar surface area (TPSA) is 80.4 Å². The van der Waals surface area contributed by atoms with E-state index in [4.69, 9.17) is 33.9 Å². The fraction of sp³-hybridized carbons (Fsp3) is 0.207. The first-order valence-electron chi connectivity index (χ1n) is 11.7. The Hall–Kier alpha value is -3.41. The minimum atomic E-state index is -0.754. The zero-order valence-corrected chi connectivity index (χ0v) is 21.7. The maximum Gasteiger partial charge on any atom is 0.236 e. The Morgan fingerprint density at radius 3 is 2.56 bits per heavy atom. The van der Waals surface area contributed by atoms with Gasteiger partial charge in [0.15, 0.2) is 5.96 Å². The van der Waals surface area contributed by atoms with Crippen molar-refractivity contribution < 1.29 is 4.79 Å². The quantitative estimate of drug-likeness (QED) is 0.229. The van der Waals surface area contributed by atoms with Crippen LogP contribution >= 0.6 is 23.2 Å². The standard InChI is InChI=1S/C29H28Cl2N4O/c1-29(2,22-6-4-3-5-7-22)27(36)35-28(32)34-18-19-16-25(20-8-12-23(30)13-9-20)26(33-17-19)21-10-14-24(31)15-11-21/h3-14,16-17,24H,15,18H2,1-2H3,(H3,32,34,35,36). The average molecular weight is 519 g/mol. The molecule has 1 aliphatic carbocycles. The van der Waals surface area contributed by atoms with Crippen LogP contribution in [0.3, 0.4) is 0 Å². The number of carbonyl (C=O) groups is 1. The van der Waals surface area contributed by atoms with Gasteiger partial charge in [-0.1, -0.05) is 72.3 Å². The molecule has 1 aliphatic rings. The molecule has 0 fully saturated rings. The second-order valence-corrected chi connectivity index (χ2v) is 10.2. The summed E-state index contributed by atoms with van der Waals surface area (Å²) in [5.41, 5.74) is 10.9. The Kier molecular flexibility index (Phi) is 7.92. The Labute approximate surface area is 221 Å². The lowest BCUT2D eigenvalue weighted by atomic mass is 9.84. The van der Waals surface area contributed by atoms with Crippen LogP contribution in [0.1, 0.15) is 37.1 Å². The number of aromatic nitrogens is 1. The molecule has 3 N–H and O–H groups in total. The van der Waals surface area contributed by atoms with Gasteiger partial charge < -0.3 is 5.73 Å². The first-order chi connectivity index (χ1) is 17.2. The van der Waals surface area contributed by atoms with Crippen molar-refractivity contribution in [1.29, 1.82) is 0 Å². The second-order valence-electron chi connectivity index (χ2n) is 9.16. The van der Waals surface area contributed by atoms with Crippen molar-refractivity contribution in [2.75, 3.05) is 0 Å². The number of nitrogens with one attached hydrogen (secondary N) is 1. The Morgan fingerprint density at radius 1 is 1.17 bits per heavy atom. The highest BCUT2D eigenvalue weighted by Crippen LogP contribution is 2.32. The number of nitrogens with zero attached hydrogens (tertiary/aromatic N) is 2. The minimum Gasteiger partial charge on any atom is -0.370 e. The number of carbonyl (C=O) groups excluding carboxylic acids is 1. The average Bonchev–Trinajstić information content (AvgIpc) is 2.89. The summed E-state index contributed by atoms with van der Waals surface area (Å²) in [6.45, 7) is 3.98. The summed E-state index contributed by atoms with van der Waals surface area (Å²) in [5.74, 6) is -0.161. The van der Waals surface area contributed by atoms with Gasteiger partial charge in [0, 0.05) is 16.8 Å². The molecular weight excluding hydrogens is 491 g/mol. The fourth-order valence-corrected chi connectivity index (χ4v) is 4.21. The molecule has 3 aromatic rings. The summed E-state index contributed by atoms with van der Waals surface area (Å²) >= 11 is 12.3. The second kappa shape index (κ2) is 11.1. The number of guanidine groups is 1. The summed E-state index contributed by atoms with van der Waals surface area (Å²) in [6.07, 6.45) is 8.60. The van der Waals surface area contributed by atoms with Gasteiger partial charge in [0.2, 0.25) is 5.91 Å². The van der Waals surface area contributed by atoms with E-state index in [1.807, 2.05) is 86.7 Å². The SMILES string of the molecule is CC(C)(C(=O)NC(N)=NCc1cnc(C2=CCC(Cl)C=C2)c(-c2ccc(Cl)cc2)c1)c1ccccc1. The maximum atomic E-state index is 12.9. The molecule has 0 bridgehead atoms. The van der Waals surface area contributed by atoms with Gasteiger partial charge in [-0.3, -0.25) is 15.1 Å². The molecule has 4 rings (SSSR count). The van der Waals surface area contributed by atoms with Crippen LogP contribution in [0.15, 0.2) is 90.1 Å². The van der Waals surface area contributed by atoms with Crippen LogP contribution < -0.4 is 11.1 Å². The van der Waals surface area contributed by atoms with E-state index in [1.54, 1.807) is 6.20 Å². The van der Waals surface area contributed by atoms with Crippen molar-refractivity contribution in [3.63, 3.8) is 0 Å². The van der Waals surface area contributed by atoms with E-state index in [0.29, 0.717) is 5.02 Å². The van der Waals surface area contributed by atoms with E-state index >= 15 is 0 Å². The highest BCUT2D eigenvalue weighted by molar-refractivity contribution is 6.30. The lowest BCUT2D eigenvalue weighted by Crippen LogP contribution is -2.46. The monoisotopic (exact) mass is 518 g/mol. The van der Waals surface area contributed by atoms with Gasteiger partial charge in [-0.05, 0) is 60.7 Å². The Balaban J connectivity index is 1.56. The summed E-state index contributed by atoms with van der Waals surface area (Å²) in [5, 5.41) is 3.39. The summed E-state index contributed by atoms with van der Waals surface area (Å²) in [6, 6.07) is 19.3.